The molecule has 0 aliphatic rings. The molecular weight excluding hydrogens is 1870 g/mol. The third-order valence-corrected chi connectivity index (χ3v) is 29.6. The number of aryl methyl sites for hydroxylation is 8. The van der Waals surface area contributed by atoms with E-state index in [1.807, 2.05) is 48.5 Å². The second kappa shape index (κ2) is 69.2. The Hall–Kier alpha value is -4.64. The first-order valence-corrected chi connectivity index (χ1v) is 57.5. The summed E-state index contributed by atoms with van der Waals surface area (Å²) < 4.78 is 138. The molecule has 0 saturated carbocycles. The quantitative estimate of drug-likeness (QED) is 0.0197. The second-order valence-electron chi connectivity index (χ2n) is 37.1. The summed E-state index contributed by atoms with van der Waals surface area (Å²) in [5.41, 5.74) is 11.0. The number of hydrogen-bond acceptors (Lipinski definition) is 12. The molecule has 8 aromatic carbocycles. The summed E-state index contributed by atoms with van der Waals surface area (Å²) in [5, 5.41) is 7.91. The number of hydrogen-bond donors (Lipinski definition) is 0. The Morgan fingerprint density at radius 3 is 0.442 bits per heavy atom. The van der Waals surface area contributed by atoms with Gasteiger partial charge in [0.15, 0.2) is 0 Å². The van der Waals surface area contributed by atoms with E-state index in [1.165, 1.54) is 403 Å². The van der Waals surface area contributed by atoms with Crippen LogP contribution in [-0.4, -0.2) is 79.2 Å². The first kappa shape index (κ1) is 117. The van der Waals surface area contributed by atoms with E-state index in [0.29, 0.717) is 0 Å². The zero-order valence-electron chi connectivity index (χ0n) is 81.8. The molecule has 0 fully saturated rings. The van der Waals surface area contributed by atoms with Crippen molar-refractivity contribution in [2.45, 2.75) is 486 Å². The molecule has 0 spiro atoms. The van der Waals surface area contributed by atoms with Gasteiger partial charge in [-0.15, -0.1) is 0 Å². The van der Waals surface area contributed by atoms with Crippen LogP contribution in [0, 0.1) is 0 Å². The molecule has 0 heterocycles. The summed E-state index contributed by atoms with van der Waals surface area (Å²) in [6.45, 7) is 18.0. The summed E-state index contributed by atoms with van der Waals surface area (Å²) in [6.07, 6.45) is 80.6. The van der Waals surface area contributed by atoms with Crippen LogP contribution in [0.5, 0.6) is 0 Å². The van der Waals surface area contributed by atoms with Crippen molar-refractivity contribution in [1.29, 1.82) is 0 Å². The average Bonchev–Trinajstić information content (AvgIpc) is 0.803. The predicted molar refractivity (Wildman–Crippen MR) is 547 cm³/mol. The first-order chi connectivity index (χ1) is 61.9. The van der Waals surface area contributed by atoms with Gasteiger partial charge in [0, 0.05) is 27.3 Å². The van der Waals surface area contributed by atoms with Crippen LogP contribution in [0.1, 0.15) is 459 Å². The predicted octanol–water partition coefficient (Wildman–Crippen LogP) is 32.9. The van der Waals surface area contributed by atoms with Crippen LogP contribution in [0.3, 0.4) is 0 Å². The van der Waals surface area contributed by atoms with E-state index in [4.69, 9.17) is 0 Å². The normalized spacial score (nSPS) is 11.9. The van der Waals surface area contributed by atoms with E-state index in [-0.39, 0.29) is 46.9 Å². The van der Waals surface area contributed by atoms with Gasteiger partial charge >= 0.3 is 0 Å². The maximum atomic E-state index is 11.5. The van der Waals surface area contributed by atoms with E-state index in [1.54, 1.807) is 24.3 Å². The summed E-state index contributed by atoms with van der Waals surface area (Å²) in [5.74, 6) is 0. The summed E-state index contributed by atoms with van der Waals surface area (Å²) in [7, 11) is -17.7. The van der Waals surface area contributed by atoms with E-state index in [9.17, 15) is 51.9 Å². The zero-order chi connectivity index (χ0) is 92.9. The van der Waals surface area contributed by atoms with Gasteiger partial charge in [-0.25, -0.2) is 33.7 Å². The van der Waals surface area contributed by atoms with Crippen LogP contribution in [0.4, 0.5) is 0 Å². The average molecular weight is 2050 g/mol. The molecule has 0 N–H and O–H groups in total. The molecule has 0 unspecified atom stereocenters. The first-order valence-electron chi connectivity index (χ1n) is 51.9. The van der Waals surface area contributed by atoms with Crippen molar-refractivity contribution < 1.29 is 51.9 Å². The Balaban J connectivity index is 0.000000359. The minimum absolute atomic E-state index is 0. The molecule has 17 heteroatoms. The fraction of sp³-hybridized carbons (Fsp3) is 0.643. The van der Waals surface area contributed by atoms with Gasteiger partial charge in [-0.2, -0.15) is 0 Å². The van der Waals surface area contributed by atoms with Crippen molar-refractivity contribution in [3.63, 3.8) is 0 Å². The molecule has 8 rings (SSSR count). The third-order valence-electron chi connectivity index (χ3n) is 26.3. The monoisotopic (exact) mass is 2050 g/mol. The molecule has 129 heavy (non-hydrogen) atoms. The van der Waals surface area contributed by atoms with E-state index >= 15 is 0 Å². The molecule has 0 aromatic heterocycles. The molecule has 4 radical (unpaired) electrons. The Kier molecular flexibility index (Phi) is 62.6. The van der Waals surface area contributed by atoms with Gasteiger partial charge < -0.3 is 18.2 Å². The number of unbranched alkanes of at least 4 members (excludes halogenated alkanes) is 48. The number of fused-ring (bicyclic) bond motifs is 4. The van der Waals surface area contributed by atoms with Crippen molar-refractivity contribution in [2.75, 3.05) is 0 Å². The maximum Gasteiger partial charge on any atom is 0.124 e. The van der Waals surface area contributed by atoms with Gasteiger partial charge in [-0.3, -0.25) is 0 Å². The van der Waals surface area contributed by atoms with E-state index < -0.39 is 40.5 Å². The van der Waals surface area contributed by atoms with Gasteiger partial charge in [0.1, 0.15) is 40.5 Å². The second-order valence-corrected chi connectivity index (χ2v) is 42.7. The molecule has 0 bridgehead atoms. The molecule has 0 aliphatic heterocycles. The van der Waals surface area contributed by atoms with Crippen LogP contribution >= 0.6 is 0 Å². The van der Waals surface area contributed by atoms with Crippen LogP contribution in [-0.2, 0) is 91.8 Å². The van der Waals surface area contributed by atoms with Crippen molar-refractivity contribution in [3.05, 3.63) is 166 Å². The largest absolute Gasteiger partial charge is 0.744 e. The van der Waals surface area contributed by atoms with Crippen molar-refractivity contribution >= 4 is 111 Å². The van der Waals surface area contributed by atoms with E-state index in [2.05, 4.69) is 79.7 Å². The molecule has 0 atom stereocenters. The molecule has 12 nitrogen and oxygen atoms in total. The Morgan fingerprint density at radius 1 is 0.171 bits per heavy atom. The van der Waals surface area contributed by atoms with Crippen LogP contribution < -0.4 is 0 Å². The molecule has 0 aliphatic carbocycles. The number of benzene rings is 8. The van der Waals surface area contributed by atoms with Crippen molar-refractivity contribution in [2.24, 2.45) is 0 Å². The number of rotatable bonds is 68. The Labute approximate surface area is 807 Å². The van der Waals surface area contributed by atoms with Gasteiger partial charge in [-0.05, 0) is 239 Å². The Bertz CT molecular complexity index is 4220. The topological polar surface area (TPSA) is 229 Å². The maximum absolute atomic E-state index is 11.5. The SMILES string of the molecule is CCCCCCCCCc1ccc2cc(S(=O)(=O)[O-])ccc2c1CCCCCCCCC.CCCCCCCCCc1ccc2cc(S(=O)(=O)[O-])ccc2c1CCCCCCCCC.CCCCCCCCCc1ccc2cc(S(=O)(=O)[O-])ccc2c1CCCCCCCCC.CCCCCCCCCc1ccc2cc(S(=O)(=O)[O-])ccc2c1CCCCCCCCC.[Pb]. The minimum Gasteiger partial charge on any atom is -0.744 e. The Morgan fingerprint density at radius 2 is 0.302 bits per heavy atom. The molecule has 0 amide bonds. The smallest absolute Gasteiger partial charge is 0.124 e. The fourth-order valence-corrected chi connectivity index (χ4v) is 20.6. The molecule has 0 saturated heterocycles. The fourth-order valence-electron chi connectivity index (χ4n) is 18.5. The standard InChI is InChI=1S/4C28H44O3S.Pb/c4*1-3-5-7-9-11-13-15-17-24-19-20-25-23-26(32(29,30)31)21-22-28(25)27(24)18-16-14-12-10-8-6-4-2;/h4*19-23H,3-18H2,1-2H3,(H,29,30,31);/p-4. The zero-order valence-corrected chi connectivity index (χ0v) is 89.0. The van der Waals surface area contributed by atoms with Gasteiger partial charge in [-0.1, -0.05) is 436 Å². The van der Waals surface area contributed by atoms with Gasteiger partial charge in [0.2, 0.25) is 0 Å². The summed E-state index contributed by atoms with van der Waals surface area (Å²) >= 11 is 0. The minimum atomic E-state index is -4.43. The van der Waals surface area contributed by atoms with Crippen molar-refractivity contribution in [3.8, 4) is 0 Å². The van der Waals surface area contributed by atoms with Crippen LogP contribution in [0.15, 0.2) is 141 Å². The van der Waals surface area contributed by atoms with Gasteiger partial charge in [0.05, 0.1) is 19.6 Å². The molecular formula is C112H172O12PbS4-4. The third kappa shape index (κ3) is 47.6. The van der Waals surface area contributed by atoms with Crippen molar-refractivity contribution in [1.82, 2.24) is 0 Å². The van der Waals surface area contributed by atoms with Crippen LogP contribution in [0.2, 0.25) is 0 Å². The summed E-state index contributed by atoms with van der Waals surface area (Å²) in [6, 6.07) is 36.2. The van der Waals surface area contributed by atoms with Crippen LogP contribution in [0.25, 0.3) is 43.1 Å². The molecule has 8 aromatic rings. The molecule has 724 valence electrons. The van der Waals surface area contributed by atoms with E-state index in [0.717, 1.165) is 120 Å². The summed E-state index contributed by atoms with van der Waals surface area (Å²) in [4.78, 5) is -0.531. The van der Waals surface area contributed by atoms with Gasteiger partial charge in [0.25, 0.3) is 0 Å².